The summed E-state index contributed by atoms with van der Waals surface area (Å²) in [5.41, 5.74) is 3.46. The number of aryl methyl sites for hydroxylation is 1. The number of methoxy groups -OCH3 is 1. The van der Waals surface area contributed by atoms with Crippen LogP contribution in [0.2, 0.25) is 0 Å². The minimum Gasteiger partial charge on any atom is -0.496 e. The first-order valence-corrected chi connectivity index (χ1v) is 9.18. The van der Waals surface area contributed by atoms with Gasteiger partial charge < -0.3 is 14.5 Å². The van der Waals surface area contributed by atoms with Crippen molar-refractivity contribution in [2.45, 2.75) is 13.8 Å². The summed E-state index contributed by atoms with van der Waals surface area (Å²) in [7, 11) is 1.59. The van der Waals surface area contributed by atoms with Gasteiger partial charge in [0.15, 0.2) is 5.78 Å². The van der Waals surface area contributed by atoms with E-state index in [0.717, 1.165) is 11.3 Å². The number of carbonyl (C=O) groups is 2. The van der Waals surface area contributed by atoms with E-state index in [0.29, 0.717) is 48.6 Å². The summed E-state index contributed by atoms with van der Waals surface area (Å²) in [5.74, 6) is 0.632. The number of rotatable bonds is 4. The largest absolute Gasteiger partial charge is 0.496 e. The number of hydrogen-bond donors (Lipinski definition) is 0. The molecule has 6 nitrogen and oxygen atoms in total. The second-order valence-corrected chi connectivity index (χ2v) is 6.86. The number of hydrogen-bond acceptors (Lipinski definition) is 5. The molecule has 28 heavy (non-hydrogen) atoms. The Kier molecular flexibility index (Phi) is 5.65. The molecule has 0 saturated carbocycles. The average molecular weight is 377 g/mol. The molecular weight excluding hydrogens is 354 g/mol. The molecule has 2 aromatic carbocycles. The fraction of sp³-hybridized carbons (Fsp3) is 0.318. The zero-order chi connectivity index (χ0) is 20.3. The van der Waals surface area contributed by atoms with Crippen LogP contribution < -0.4 is 9.64 Å². The second-order valence-electron chi connectivity index (χ2n) is 6.86. The Morgan fingerprint density at radius 2 is 1.71 bits per heavy atom. The highest BCUT2D eigenvalue weighted by Gasteiger charge is 2.24. The Morgan fingerprint density at radius 1 is 1.04 bits per heavy atom. The molecule has 6 heteroatoms. The minimum atomic E-state index is -0.0344. The van der Waals surface area contributed by atoms with Crippen molar-refractivity contribution in [3.63, 3.8) is 0 Å². The van der Waals surface area contributed by atoms with E-state index in [1.807, 2.05) is 24.0 Å². The van der Waals surface area contributed by atoms with Gasteiger partial charge in [-0.05, 0) is 49.7 Å². The fourth-order valence-electron chi connectivity index (χ4n) is 3.39. The van der Waals surface area contributed by atoms with E-state index < -0.39 is 0 Å². The topological polar surface area (TPSA) is 73.6 Å². The molecule has 3 rings (SSSR count). The average Bonchev–Trinajstić information content (AvgIpc) is 2.73. The van der Waals surface area contributed by atoms with Gasteiger partial charge in [0.2, 0.25) is 0 Å². The SMILES string of the molecule is COc1cc(C(=O)N2CCN(c3cc(C(C)=O)ccc3C#N)CC2)ccc1C. The molecule has 1 heterocycles. The van der Waals surface area contributed by atoms with Crippen LogP contribution in [0.15, 0.2) is 36.4 Å². The van der Waals surface area contributed by atoms with Gasteiger partial charge in [-0.25, -0.2) is 0 Å². The van der Waals surface area contributed by atoms with Crippen molar-refractivity contribution < 1.29 is 14.3 Å². The molecule has 0 bridgehead atoms. The summed E-state index contributed by atoms with van der Waals surface area (Å²) < 4.78 is 5.32. The maximum atomic E-state index is 12.8. The summed E-state index contributed by atoms with van der Waals surface area (Å²) >= 11 is 0. The van der Waals surface area contributed by atoms with Crippen LogP contribution in [0, 0.1) is 18.3 Å². The Morgan fingerprint density at radius 3 is 2.32 bits per heavy atom. The van der Waals surface area contributed by atoms with Gasteiger partial charge in [-0.15, -0.1) is 0 Å². The van der Waals surface area contributed by atoms with E-state index in [1.165, 1.54) is 6.92 Å². The first kappa shape index (κ1) is 19.4. The molecule has 0 radical (unpaired) electrons. The van der Waals surface area contributed by atoms with Gasteiger partial charge in [0.25, 0.3) is 5.91 Å². The first-order chi connectivity index (χ1) is 13.4. The number of Topliss-reactive ketones (excluding diaryl/α,β-unsaturated/α-hetero) is 1. The first-order valence-electron chi connectivity index (χ1n) is 9.18. The normalized spacial score (nSPS) is 13.8. The van der Waals surface area contributed by atoms with Gasteiger partial charge in [-0.1, -0.05) is 6.07 Å². The molecule has 1 saturated heterocycles. The highest BCUT2D eigenvalue weighted by atomic mass is 16.5. The Bertz CT molecular complexity index is 954. The molecule has 0 unspecified atom stereocenters. The maximum absolute atomic E-state index is 12.8. The van der Waals surface area contributed by atoms with Crippen molar-refractivity contribution in [1.82, 2.24) is 4.90 Å². The standard InChI is InChI=1S/C22H23N3O3/c1-15-4-5-18(13-21(15)28-3)22(27)25-10-8-24(9-11-25)20-12-17(16(2)26)6-7-19(20)14-23/h4-7,12-13H,8-11H2,1-3H3. The van der Waals surface area contributed by atoms with Gasteiger partial charge >= 0.3 is 0 Å². The van der Waals surface area contributed by atoms with Crippen LogP contribution >= 0.6 is 0 Å². The monoisotopic (exact) mass is 377 g/mol. The summed E-state index contributed by atoms with van der Waals surface area (Å²) in [6, 6.07) is 12.8. The number of benzene rings is 2. The van der Waals surface area contributed by atoms with E-state index >= 15 is 0 Å². The number of nitriles is 1. The molecule has 0 aliphatic carbocycles. The molecule has 0 spiro atoms. The molecule has 144 valence electrons. The van der Waals surface area contributed by atoms with Crippen molar-refractivity contribution in [2.24, 2.45) is 0 Å². The number of carbonyl (C=O) groups excluding carboxylic acids is 2. The zero-order valence-corrected chi connectivity index (χ0v) is 16.4. The van der Waals surface area contributed by atoms with Crippen molar-refractivity contribution in [3.05, 3.63) is 58.7 Å². The Hall–Kier alpha value is -3.33. The third-order valence-corrected chi connectivity index (χ3v) is 5.09. The van der Waals surface area contributed by atoms with Crippen LogP contribution in [0.4, 0.5) is 5.69 Å². The number of ketones is 1. The molecule has 2 aromatic rings. The highest BCUT2D eigenvalue weighted by molar-refractivity contribution is 5.96. The molecule has 1 aliphatic heterocycles. The van der Waals surface area contributed by atoms with Crippen LogP contribution in [-0.4, -0.2) is 49.9 Å². The third kappa shape index (κ3) is 3.84. The lowest BCUT2D eigenvalue weighted by Crippen LogP contribution is -2.49. The van der Waals surface area contributed by atoms with Gasteiger partial charge in [-0.3, -0.25) is 9.59 Å². The number of anilines is 1. The van der Waals surface area contributed by atoms with Gasteiger partial charge in [-0.2, -0.15) is 5.26 Å². The van der Waals surface area contributed by atoms with Crippen LogP contribution in [0.5, 0.6) is 5.75 Å². The molecule has 1 aliphatic rings. The Balaban J connectivity index is 1.74. The summed E-state index contributed by atoms with van der Waals surface area (Å²) in [4.78, 5) is 28.4. The Labute approximate surface area is 164 Å². The highest BCUT2D eigenvalue weighted by Crippen LogP contribution is 2.25. The third-order valence-electron chi connectivity index (χ3n) is 5.09. The number of piperazine rings is 1. The zero-order valence-electron chi connectivity index (χ0n) is 16.4. The molecule has 0 aromatic heterocycles. The van der Waals surface area contributed by atoms with Crippen molar-refractivity contribution in [1.29, 1.82) is 5.26 Å². The van der Waals surface area contributed by atoms with Gasteiger partial charge in [0, 0.05) is 37.3 Å². The summed E-state index contributed by atoms with van der Waals surface area (Å²) in [6.45, 7) is 5.75. The van der Waals surface area contributed by atoms with Crippen LogP contribution in [0.25, 0.3) is 0 Å². The van der Waals surface area contributed by atoms with E-state index in [9.17, 15) is 14.9 Å². The quantitative estimate of drug-likeness (QED) is 0.766. The molecule has 0 N–H and O–H groups in total. The van der Waals surface area contributed by atoms with Crippen molar-refractivity contribution >= 4 is 17.4 Å². The number of amides is 1. The minimum absolute atomic E-state index is 0.0315. The van der Waals surface area contributed by atoms with Gasteiger partial charge in [0.1, 0.15) is 11.8 Å². The van der Waals surface area contributed by atoms with Crippen LogP contribution in [0.3, 0.4) is 0 Å². The van der Waals surface area contributed by atoms with Crippen molar-refractivity contribution in [2.75, 3.05) is 38.2 Å². The smallest absolute Gasteiger partial charge is 0.254 e. The summed E-state index contributed by atoms with van der Waals surface area (Å²) in [6.07, 6.45) is 0. The predicted octanol–water partition coefficient (Wildman–Crippen LogP) is 3.04. The lowest BCUT2D eigenvalue weighted by atomic mass is 10.1. The molecule has 1 amide bonds. The summed E-state index contributed by atoms with van der Waals surface area (Å²) in [5, 5.41) is 9.40. The molecule has 0 atom stereocenters. The fourth-order valence-corrected chi connectivity index (χ4v) is 3.39. The number of nitrogens with zero attached hydrogens (tertiary/aromatic N) is 3. The van der Waals surface area contributed by atoms with Crippen LogP contribution in [0.1, 0.15) is 38.8 Å². The number of ether oxygens (including phenoxy) is 1. The lowest BCUT2D eigenvalue weighted by molar-refractivity contribution is 0.0746. The molecule has 1 fully saturated rings. The van der Waals surface area contributed by atoms with E-state index in [-0.39, 0.29) is 11.7 Å². The molecular formula is C22H23N3O3. The van der Waals surface area contributed by atoms with Gasteiger partial charge in [0.05, 0.1) is 18.4 Å². The van der Waals surface area contributed by atoms with Crippen LogP contribution in [-0.2, 0) is 0 Å². The van der Waals surface area contributed by atoms with E-state index in [4.69, 9.17) is 4.74 Å². The van der Waals surface area contributed by atoms with E-state index in [1.54, 1.807) is 31.4 Å². The van der Waals surface area contributed by atoms with Crippen molar-refractivity contribution in [3.8, 4) is 11.8 Å². The second kappa shape index (κ2) is 8.13. The van der Waals surface area contributed by atoms with E-state index in [2.05, 4.69) is 11.0 Å². The predicted molar refractivity (Wildman–Crippen MR) is 107 cm³/mol. The lowest BCUT2D eigenvalue weighted by Gasteiger charge is -2.36. The maximum Gasteiger partial charge on any atom is 0.254 e.